The van der Waals surface area contributed by atoms with Crippen LogP contribution < -0.4 is 14.4 Å². The summed E-state index contributed by atoms with van der Waals surface area (Å²) in [6.07, 6.45) is 2.36. The number of fused-ring (bicyclic) bond motifs is 1. The summed E-state index contributed by atoms with van der Waals surface area (Å²) in [7, 11) is 3.07. The predicted octanol–water partition coefficient (Wildman–Crippen LogP) is 5.56. The molecule has 228 valence electrons. The number of hydrogen-bond acceptors (Lipinski definition) is 9. The van der Waals surface area contributed by atoms with E-state index in [1.165, 1.54) is 31.4 Å². The third-order valence-corrected chi connectivity index (χ3v) is 7.91. The second kappa shape index (κ2) is 13.6. The molecule has 10 nitrogen and oxygen atoms in total. The lowest BCUT2D eigenvalue weighted by atomic mass is 9.92. The molecule has 0 unspecified atom stereocenters. The van der Waals surface area contributed by atoms with Crippen molar-refractivity contribution in [2.24, 2.45) is 5.41 Å². The third-order valence-electron chi connectivity index (χ3n) is 6.69. The van der Waals surface area contributed by atoms with Gasteiger partial charge in [0.1, 0.15) is 12.2 Å². The zero-order chi connectivity index (χ0) is 31.3. The molecule has 4 rings (SSSR count). The molecule has 3 aromatic rings. The minimum Gasteiger partial charge on any atom is -0.493 e. The highest BCUT2D eigenvalue weighted by Crippen LogP contribution is 2.45. The molecular formula is C31H33ClN2O8S. The molecule has 0 aliphatic carbocycles. The van der Waals surface area contributed by atoms with E-state index < -0.39 is 29.6 Å². The molecule has 2 aromatic carbocycles. The number of para-hydroxylation sites is 1. The molecule has 1 aromatic heterocycles. The number of amides is 1. The van der Waals surface area contributed by atoms with Crippen LogP contribution in [0.4, 0.5) is 5.69 Å². The molecule has 1 N–H and O–H groups in total. The Morgan fingerprint density at radius 1 is 1.19 bits per heavy atom. The van der Waals surface area contributed by atoms with E-state index in [2.05, 4.69) is 4.98 Å². The molecular weight excluding hydrogens is 596 g/mol. The molecule has 0 saturated carbocycles. The summed E-state index contributed by atoms with van der Waals surface area (Å²) in [5.74, 6) is -0.859. The molecule has 0 spiro atoms. The lowest BCUT2D eigenvalue weighted by molar-refractivity contribution is -0.143. The number of carbonyl (C=O) groups excluding carboxylic acids is 2. The van der Waals surface area contributed by atoms with Crippen LogP contribution in [0.1, 0.15) is 47.9 Å². The van der Waals surface area contributed by atoms with Crippen LogP contribution in [0.25, 0.3) is 6.08 Å². The zero-order valence-corrected chi connectivity index (χ0v) is 26.0. The summed E-state index contributed by atoms with van der Waals surface area (Å²) in [6.45, 7) is 5.46. The van der Waals surface area contributed by atoms with Crippen molar-refractivity contribution >= 4 is 52.5 Å². The van der Waals surface area contributed by atoms with Crippen molar-refractivity contribution < 1.29 is 38.4 Å². The Hall–Kier alpha value is -3.93. The van der Waals surface area contributed by atoms with E-state index in [9.17, 15) is 14.4 Å². The van der Waals surface area contributed by atoms with Crippen LogP contribution >= 0.6 is 22.9 Å². The number of carboxylic acid groups (broad SMARTS) is 1. The first-order valence-corrected chi connectivity index (χ1v) is 14.6. The van der Waals surface area contributed by atoms with Gasteiger partial charge in [-0.3, -0.25) is 9.59 Å². The van der Waals surface area contributed by atoms with Crippen molar-refractivity contribution in [3.05, 3.63) is 74.7 Å². The van der Waals surface area contributed by atoms with E-state index in [0.717, 1.165) is 6.08 Å². The number of carboxylic acids is 1. The van der Waals surface area contributed by atoms with Gasteiger partial charge in [0.15, 0.2) is 11.5 Å². The quantitative estimate of drug-likeness (QED) is 0.214. The predicted molar refractivity (Wildman–Crippen MR) is 163 cm³/mol. The van der Waals surface area contributed by atoms with Crippen LogP contribution in [-0.4, -0.2) is 61.4 Å². The van der Waals surface area contributed by atoms with E-state index in [0.29, 0.717) is 43.2 Å². The highest BCUT2D eigenvalue weighted by molar-refractivity contribution is 7.12. The van der Waals surface area contributed by atoms with Gasteiger partial charge in [0.05, 0.1) is 25.8 Å². The number of halogens is 1. The minimum absolute atomic E-state index is 0.0967. The second-order valence-electron chi connectivity index (χ2n) is 10.7. The number of anilines is 1. The topological polar surface area (TPSA) is 124 Å². The number of hydrogen-bond donors (Lipinski definition) is 1. The first-order valence-electron chi connectivity index (χ1n) is 13.4. The molecule has 1 aliphatic rings. The number of aliphatic carboxylic acids is 1. The van der Waals surface area contributed by atoms with Crippen molar-refractivity contribution in [1.82, 2.24) is 4.98 Å². The molecule has 0 radical (unpaired) electrons. The molecule has 0 saturated heterocycles. The Morgan fingerprint density at radius 2 is 1.95 bits per heavy atom. The number of nitrogens with zero attached hydrogens (tertiary/aromatic N) is 2. The van der Waals surface area contributed by atoms with Crippen LogP contribution in [0, 0.1) is 5.41 Å². The smallest absolute Gasteiger partial charge is 0.328 e. The van der Waals surface area contributed by atoms with Gasteiger partial charge in [0.25, 0.3) is 5.91 Å². The molecule has 0 bridgehead atoms. The Labute approximate surface area is 258 Å². The van der Waals surface area contributed by atoms with Gasteiger partial charge in [-0.1, -0.05) is 37.6 Å². The SMILES string of the molecule is COc1cccc([C@H]2O[C@H](Cc3ncc(C=CC(=O)O)s3)C(=O)N(CC(C)(C)COC(C)=O)c3ccc(Cl)cc32)c1OC. The third kappa shape index (κ3) is 7.73. The number of rotatable bonds is 11. The summed E-state index contributed by atoms with van der Waals surface area (Å²) < 4.78 is 23.3. The van der Waals surface area contributed by atoms with Gasteiger partial charge in [0.2, 0.25) is 0 Å². The van der Waals surface area contributed by atoms with Crippen molar-refractivity contribution in [1.29, 1.82) is 0 Å². The molecule has 12 heteroatoms. The Morgan fingerprint density at radius 3 is 2.63 bits per heavy atom. The molecule has 0 fully saturated rings. The summed E-state index contributed by atoms with van der Waals surface area (Å²) in [5.41, 5.74) is 1.24. The van der Waals surface area contributed by atoms with Crippen molar-refractivity contribution in [3.63, 3.8) is 0 Å². The van der Waals surface area contributed by atoms with Crippen molar-refractivity contribution in [2.45, 2.75) is 39.4 Å². The van der Waals surface area contributed by atoms with Gasteiger partial charge in [0, 0.05) is 64.3 Å². The van der Waals surface area contributed by atoms with Crippen molar-refractivity contribution in [2.75, 3.05) is 32.3 Å². The van der Waals surface area contributed by atoms with Crippen LogP contribution in [0.2, 0.25) is 5.02 Å². The second-order valence-corrected chi connectivity index (χ2v) is 12.3. The molecule has 2 atom stereocenters. The number of carbonyl (C=O) groups is 3. The monoisotopic (exact) mass is 628 g/mol. The van der Waals surface area contributed by atoms with Crippen LogP contribution in [0.5, 0.6) is 11.5 Å². The fourth-order valence-corrected chi connectivity index (χ4v) is 5.84. The van der Waals surface area contributed by atoms with E-state index in [1.54, 1.807) is 42.5 Å². The Balaban J connectivity index is 1.84. The zero-order valence-electron chi connectivity index (χ0n) is 24.5. The fourth-order valence-electron chi connectivity index (χ4n) is 4.81. The lowest BCUT2D eigenvalue weighted by Crippen LogP contribution is -2.46. The van der Waals surface area contributed by atoms with Gasteiger partial charge >= 0.3 is 11.9 Å². The van der Waals surface area contributed by atoms with Gasteiger partial charge in [-0.25, -0.2) is 9.78 Å². The number of aromatic nitrogens is 1. The van der Waals surface area contributed by atoms with E-state index in [4.69, 9.17) is 35.7 Å². The standard InChI is InChI=1S/C31H33ClN2O8S/c1-18(35)41-17-31(2,3)16-34-23-11-9-19(32)13-22(23)28(21-7-6-8-24(39-4)29(21)40-5)42-25(30(34)38)14-26-33-15-20(43-26)10-12-27(36)37/h6-13,15,25,28H,14,16-17H2,1-5H3,(H,36,37)/t25-,28-/m1/s1. The summed E-state index contributed by atoms with van der Waals surface area (Å²) in [4.78, 5) is 43.6. The first kappa shape index (κ1) is 32.0. The van der Waals surface area contributed by atoms with E-state index in [1.807, 2.05) is 26.0 Å². The normalized spacial score (nSPS) is 17.0. The van der Waals surface area contributed by atoms with Gasteiger partial charge in [-0.05, 0) is 30.3 Å². The average Bonchev–Trinajstić information content (AvgIpc) is 3.39. The van der Waals surface area contributed by atoms with Crippen molar-refractivity contribution in [3.8, 4) is 11.5 Å². The number of methoxy groups -OCH3 is 2. The maximum atomic E-state index is 14.4. The van der Waals surface area contributed by atoms with Crippen LogP contribution in [-0.2, 0) is 30.3 Å². The molecule has 2 heterocycles. The summed E-state index contributed by atoms with van der Waals surface area (Å²) >= 11 is 7.77. The molecule has 1 amide bonds. The van der Waals surface area contributed by atoms with Crippen LogP contribution in [0.15, 0.2) is 48.7 Å². The number of ether oxygens (including phenoxy) is 4. The Kier molecular flexibility index (Phi) is 10.1. The average molecular weight is 629 g/mol. The first-order chi connectivity index (χ1) is 20.4. The molecule has 43 heavy (non-hydrogen) atoms. The summed E-state index contributed by atoms with van der Waals surface area (Å²) in [5, 5.41) is 10.0. The Bertz CT molecular complexity index is 1540. The highest BCUT2D eigenvalue weighted by atomic mass is 35.5. The molecule has 1 aliphatic heterocycles. The van der Waals surface area contributed by atoms with Gasteiger partial charge < -0.3 is 29.0 Å². The largest absolute Gasteiger partial charge is 0.493 e. The number of benzene rings is 2. The fraction of sp³-hybridized carbons (Fsp3) is 0.355. The van der Waals surface area contributed by atoms with Gasteiger partial charge in [-0.15, -0.1) is 11.3 Å². The maximum Gasteiger partial charge on any atom is 0.328 e. The van der Waals surface area contributed by atoms with E-state index >= 15 is 0 Å². The lowest BCUT2D eigenvalue weighted by Gasteiger charge is -2.33. The highest BCUT2D eigenvalue weighted by Gasteiger charge is 2.40. The van der Waals surface area contributed by atoms with Crippen LogP contribution in [0.3, 0.4) is 0 Å². The summed E-state index contributed by atoms with van der Waals surface area (Å²) in [6, 6.07) is 10.7. The number of thiazole rings is 1. The van der Waals surface area contributed by atoms with E-state index in [-0.39, 0.29) is 25.5 Å². The minimum atomic E-state index is -1.07. The maximum absolute atomic E-state index is 14.4. The van der Waals surface area contributed by atoms with Gasteiger partial charge in [-0.2, -0.15) is 0 Å². The number of esters is 1.